The zero-order valence-corrected chi connectivity index (χ0v) is 11.6. The Hall–Kier alpha value is -0.860. The largest absolute Gasteiger partial charge is 0.310 e. The summed E-state index contributed by atoms with van der Waals surface area (Å²) in [4.78, 5) is 12.2. The van der Waals surface area contributed by atoms with Crippen molar-refractivity contribution in [2.75, 3.05) is 7.05 Å². The number of rotatable bonds is 4. The number of Topliss-reactive ketones (excluding diaryl/α,β-unsaturated/α-hetero) is 1. The molecule has 0 bridgehead atoms. The Kier molecular flexibility index (Phi) is 4.72. The van der Waals surface area contributed by atoms with Crippen LogP contribution in [0, 0.1) is 5.41 Å². The molecule has 0 amide bonds. The summed E-state index contributed by atoms with van der Waals surface area (Å²) >= 11 is 5.83. The molecule has 0 fully saturated rings. The molecule has 0 saturated heterocycles. The molecule has 94 valence electrons. The maximum atomic E-state index is 12.2. The van der Waals surface area contributed by atoms with Crippen LogP contribution in [-0.4, -0.2) is 18.9 Å². The predicted octanol–water partition coefficient (Wildman–Crippen LogP) is 3.09. The third-order valence-electron chi connectivity index (χ3n) is 2.76. The Labute approximate surface area is 108 Å². The van der Waals surface area contributed by atoms with Crippen molar-refractivity contribution in [2.45, 2.75) is 33.2 Å². The molecule has 1 atom stereocenters. The highest BCUT2D eigenvalue weighted by Crippen LogP contribution is 2.19. The zero-order chi connectivity index (χ0) is 13.1. The summed E-state index contributed by atoms with van der Waals surface area (Å²) in [6.45, 7) is 5.84. The molecule has 1 N–H and O–H groups in total. The maximum absolute atomic E-state index is 12.2. The molecule has 0 aliphatic carbocycles. The number of likely N-dealkylation sites (N-methyl/N-ethyl adjacent to an activating group) is 1. The molecule has 17 heavy (non-hydrogen) atoms. The number of benzene rings is 1. The first-order valence-electron chi connectivity index (χ1n) is 5.80. The van der Waals surface area contributed by atoms with Crippen LogP contribution in [0.2, 0.25) is 5.02 Å². The van der Waals surface area contributed by atoms with Gasteiger partial charge in [-0.3, -0.25) is 4.79 Å². The number of carbonyl (C=O) groups excluding carboxylic acids is 1. The number of hydrogen-bond acceptors (Lipinski definition) is 2. The molecular formula is C14H20ClNO. The highest BCUT2D eigenvalue weighted by molar-refractivity contribution is 6.30. The Morgan fingerprint density at radius 3 is 2.24 bits per heavy atom. The van der Waals surface area contributed by atoms with Gasteiger partial charge in [-0.15, -0.1) is 0 Å². The van der Waals surface area contributed by atoms with Gasteiger partial charge in [-0.05, 0) is 31.2 Å². The third kappa shape index (κ3) is 4.14. The summed E-state index contributed by atoms with van der Waals surface area (Å²) in [6.07, 6.45) is 0.698. The Morgan fingerprint density at radius 2 is 1.82 bits per heavy atom. The van der Waals surface area contributed by atoms with E-state index >= 15 is 0 Å². The molecule has 0 heterocycles. The third-order valence-corrected chi connectivity index (χ3v) is 3.01. The number of carbonyl (C=O) groups is 1. The van der Waals surface area contributed by atoms with Crippen LogP contribution in [0.3, 0.4) is 0 Å². The second kappa shape index (κ2) is 5.65. The van der Waals surface area contributed by atoms with Crippen LogP contribution in [-0.2, 0) is 11.2 Å². The molecular weight excluding hydrogens is 234 g/mol. The number of ketones is 1. The van der Waals surface area contributed by atoms with Gasteiger partial charge in [0.15, 0.2) is 5.78 Å². The predicted molar refractivity (Wildman–Crippen MR) is 72.5 cm³/mol. The minimum Gasteiger partial charge on any atom is -0.310 e. The van der Waals surface area contributed by atoms with Gasteiger partial charge >= 0.3 is 0 Å². The smallest absolute Gasteiger partial charge is 0.155 e. The van der Waals surface area contributed by atoms with E-state index in [9.17, 15) is 4.79 Å². The maximum Gasteiger partial charge on any atom is 0.155 e. The van der Waals surface area contributed by atoms with E-state index in [1.54, 1.807) is 0 Å². The summed E-state index contributed by atoms with van der Waals surface area (Å²) in [5.41, 5.74) is 0.798. The number of halogens is 1. The molecule has 2 nitrogen and oxygen atoms in total. The molecule has 0 aliphatic heterocycles. The average molecular weight is 254 g/mol. The zero-order valence-electron chi connectivity index (χ0n) is 10.9. The molecule has 0 unspecified atom stereocenters. The van der Waals surface area contributed by atoms with Crippen LogP contribution >= 0.6 is 11.6 Å². The lowest BCUT2D eigenvalue weighted by Gasteiger charge is -2.24. The van der Waals surface area contributed by atoms with Crippen molar-refractivity contribution in [3.05, 3.63) is 34.9 Å². The first-order chi connectivity index (χ1) is 7.84. The lowest BCUT2D eigenvalue weighted by Crippen LogP contribution is -2.42. The van der Waals surface area contributed by atoms with Crippen LogP contribution in [0.15, 0.2) is 24.3 Å². The lowest BCUT2D eigenvalue weighted by molar-refractivity contribution is -0.128. The standard InChI is InChI=1S/C14H20ClNO/c1-14(2,3)13(17)12(16-4)9-10-5-7-11(15)8-6-10/h5-8,12,16H,9H2,1-4H3/t12-/m1/s1. The highest BCUT2D eigenvalue weighted by atomic mass is 35.5. The van der Waals surface area contributed by atoms with Crippen LogP contribution in [0.25, 0.3) is 0 Å². The minimum absolute atomic E-state index is 0.142. The van der Waals surface area contributed by atoms with Crippen LogP contribution in [0.5, 0.6) is 0 Å². The Bertz CT molecular complexity index is 378. The minimum atomic E-state index is -0.319. The fourth-order valence-electron chi connectivity index (χ4n) is 1.70. The molecule has 1 aromatic carbocycles. The quantitative estimate of drug-likeness (QED) is 0.894. The van der Waals surface area contributed by atoms with Crippen LogP contribution in [0.1, 0.15) is 26.3 Å². The van der Waals surface area contributed by atoms with Crippen molar-refractivity contribution in [1.82, 2.24) is 5.32 Å². The summed E-state index contributed by atoms with van der Waals surface area (Å²) in [5.74, 6) is 0.231. The second-order valence-corrected chi connectivity index (χ2v) is 5.72. The van der Waals surface area contributed by atoms with Gasteiger partial charge in [0.2, 0.25) is 0 Å². The van der Waals surface area contributed by atoms with E-state index in [1.807, 2.05) is 52.1 Å². The van der Waals surface area contributed by atoms with Crippen molar-refractivity contribution in [3.8, 4) is 0 Å². The first-order valence-corrected chi connectivity index (χ1v) is 6.18. The van der Waals surface area contributed by atoms with Crippen molar-refractivity contribution >= 4 is 17.4 Å². The van der Waals surface area contributed by atoms with Gasteiger partial charge in [-0.1, -0.05) is 44.5 Å². The van der Waals surface area contributed by atoms with Crippen LogP contribution < -0.4 is 5.32 Å². The molecule has 3 heteroatoms. The molecule has 1 aromatic rings. The fourth-order valence-corrected chi connectivity index (χ4v) is 1.83. The monoisotopic (exact) mass is 253 g/mol. The number of hydrogen-bond donors (Lipinski definition) is 1. The Balaban J connectivity index is 2.77. The van der Waals surface area contributed by atoms with Crippen molar-refractivity contribution in [2.24, 2.45) is 5.41 Å². The van der Waals surface area contributed by atoms with E-state index in [4.69, 9.17) is 11.6 Å². The summed E-state index contributed by atoms with van der Waals surface area (Å²) < 4.78 is 0. The van der Waals surface area contributed by atoms with Gasteiger partial charge in [-0.25, -0.2) is 0 Å². The first kappa shape index (κ1) is 14.2. The van der Waals surface area contributed by atoms with Gasteiger partial charge in [0.1, 0.15) is 0 Å². The SMILES string of the molecule is CN[C@H](Cc1ccc(Cl)cc1)C(=O)C(C)(C)C. The fraction of sp³-hybridized carbons (Fsp3) is 0.500. The van der Waals surface area contributed by atoms with Gasteiger partial charge in [0, 0.05) is 10.4 Å². The van der Waals surface area contributed by atoms with E-state index in [1.165, 1.54) is 0 Å². The van der Waals surface area contributed by atoms with E-state index in [-0.39, 0.29) is 17.2 Å². The topological polar surface area (TPSA) is 29.1 Å². The van der Waals surface area contributed by atoms with E-state index in [0.717, 1.165) is 10.6 Å². The normalized spacial score (nSPS) is 13.5. The number of nitrogens with one attached hydrogen (secondary N) is 1. The molecule has 0 spiro atoms. The van der Waals surface area contributed by atoms with Gasteiger partial charge < -0.3 is 5.32 Å². The molecule has 0 radical (unpaired) electrons. The van der Waals surface area contributed by atoms with Crippen molar-refractivity contribution in [3.63, 3.8) is 0 Å². The second-order valence-electron chi connectivity index (χ2n) is 5.29. The van der Waals surface area contributed by atoms with Gasteiger partial charge in [-0.2, -0.15) is 0 Å². The van der Waals surface area contributed by atoms with Crippen molar-refractivity contribution < 1.29 is 4.79 Å². The molecule has 0 aromatic heterocycles. The lowest BCUT2D eigenvalue weighted by atomic mass is 9.84. The van der Waals surface area contributed by atoms with Gasteiger partial charge in [0.25, 0.3) is 0 Å². The van der Waals surface area contributed by atoms with Crippen molar-refractivity contribution in [1.29, 1.82) is 0 Å². The average Bonchev–Trinajstić information content (AvgIpc) is 2.26. The van der Waals surface area contributed by atoms with Gasteiger partial charge in [0.05, 0.1) is 6.04 Å². The highest BCUT2D eigenvalue weighted by Gasteiger charge is 2.28. The van der Waals surface area contributed by atoms with Crippen LogP contribution in [0.4, 0.5) is 0 Å². The van der Waals surface area contributed by atoms with E-state index < -0.39 is 0 Å². The summed E-state index contributed by atoms with van der Waals surface area (Å²) in [6, 6.07) is 7.48. The van der Waals surface area contributed by atoms with E-state index in [0.29, 0.717) is 6.42 Å². The summed E-state index contributed by atoms with van der Waals surface area (Å²) in [7, 11) is 1.82. The van der Waals surface area contributed by atoms with E-state index in [2.05, 4.69) is 5.32 Å². The summed E-state index contributed by atoms with van der Waals surface area (Å²) in [5, 5.41) is 3.81. The molecule has 0 aliphatic rings. The molecule has 0 saturated carbocycles. The molecule has 1 rings (SSSR count). The Morgan fingerprint density at radius 1 is 1.29 bits per heavy atom.